The van der Waals surface area contributed by atoms with E-state index in [9.17, 15) is 9.18 Å². The molecule has 0 amide bonds. The van der Waals surface area contributed by atoms with Gasteiger partial charge >= 0.3 is 0 Å². The molecule has 2 nitrogen and oxygen atoms in total. The van der Waals surface area contributed by atoms with Crippen molar-refractivity contribution in [2.45, 2.75) is 38.9 Å². The Morgan fingerprint density at radius 2 is 1.64 bits per heavy atom. The normalized spacial score (nSPS) is 12.5. The number of ketones is 1. The van der Waals surface area contributed by atoms with E-state index in [1.54, 1.807) is 0 Å². The van der Waals surface area contributed by atoms with Gasteiger partial charge in [-0.15, -0.1) is 0 Å². The fraction of sp³-hybridized carbons (Fsp3) is 0.240. The van der Waals surface area contributed by atoms with Crippen molar-refractivity contribution < 1.29 is 9.18 Å². The molecule has 0 fully saturated rings. The summed E-state index contributed by atoms with van der Waals surface area (Å²) < 4.78 is 15.7. The summed E-state index contributed by atoms with van der Waals surface area (Å²) in [5, 5.41) is 2.98. The molecule has 0 bridgehead atoms. The number of para-hydroxylation sites is 1. The van der Waals surface area contributed by atoms with Gasteiger partial charge in [-0.3, -0.25) is 4.79 Å². The molecule has 0 N–H and O–H groups in total. The molecule has 0 unspecified atom stereocenters. The summed E-state index contributed by atoms with van der Waals surface area (Å²) in [6.07, 6.45) is 3.05. The Balaban J connectivity index is 1.73. The van der Waals surface area contributed by atoms with Gasteiger partial charge in [0.15, 0.2) is 5.78 Å². The molecule has 142 valence electrons. The van der Waals surface area contributed by atoms with E-state index in [1.807, 2.05) is 79.9 Å². The van der Waals surface area contributed by atoms with Gasteiger partial charge < -0.3 is 4.57 Å². The summed E-state index contributed by atoms with van der Waals surface area (Å²) in [6.45, 7) is 2.58. The molecule has 0 radical (unpaired) electrons. The minimum absolute atomic E-state index is 0.0312. The van der Waals surface area contributed by atoms with E-state index in [0.717, 1.165) is 33.7 Å². The minimum atomic E-state index is -0.751. The van der Waals surface area contributed by atoms with Crippen LogP contribution in [0.25, 0.3) is 21.7 Å². The number of nitrogens with zero attached hydrogens (tertiary/aromatic N) is 1. The van der Waals surface area contributed by atoms with Crippen LogP contribution < -0.4 is 0 Å². The number of fused-ring (bicyclic) bond motifs is 2. The zero-order chi connectivity index (χ0) is 19.5. The second-order valence-corrected chi connectivity index (χ2v) is 7.26. The molecule has 1 atom stereocenters. The summed E-state index contributed by atoms with van der Waals surface area (Å²) in [4.78, 5) is 13.4. The van der Waals surface area contributed by atoms with Gasteiger partial charge in [0, 0.05) is 34.8 Å². The fourth-order valence-corrected chi connectivity index (χ4v) is 3.87. The van der Waals surface area contributed by atoms with Crippen molar-refractivity contribution in [3.05, 3.63) is 84.1 Å². The smallest absolute Gasteiger partial charge is 0.195 e. The number of benzene rings is 3. The van der Waals surface area contributed by atoms with Gasteiger partial charge in [-0.05, 0) is 36.1 Å². The van der Waals surface area contributed by atoms with E-state index in [1.165, 1.54) is 0 Å². The number of hydrogen-bond donors (Lipinski definition) is 0. The van der Waals surface area contributed by atoms with Gasteiger partial charge in [-0.1, -0.05) is 67.6 Å². The minimum Gasteiger partial charge on any atom is -0.347 e. The highest BCUT2D eigenvalue weighted by molar-refractivity contribution is 6.21. The Labute approximate surface area is 164 Å². The number of aryl methyl sites for hydroxylation is 1. The fourth-order valence-electron chi connectivity index (χ4n) is 3.87. The molecular weight excluding hydrogens is 349 g/mol. The lowest BCUT2D eigenvalue weighted by Crippen LogP contribution is -2.03. The van der Waals surface area contributed by atoms with Gasteiger partial charge in [0.05, 0.1) is 6.17 Å². The monoisotopic (exact) mass is 373 g/mol. The third-order valence-corrected chi connectivity index (χ3v) is 5.43. The Bertz CT molecular complexity index is 1120. The molecule has 1 aromatic heterocycles. The Morgan fingerprint density at radius 3 is 2.46 bits per heavy atom. The lowest BCUT2D eigenvalue weighted by atomic mass is 9.97. The maximum Gasteiger partial charge on any atom is 0.195 e. The van der Waals surface area contributed by atoms with Crippen LogP contribution in [0.1, 0.15) is 42.1 Å². The number of carbonyl (C=O) groups excluding carboxylic acids is 1. The van der Waals surface area contributed by atoms with Crippen molar-refractivity contribution >= 4 is 27.5 Å². The molecule has 3 aromatic carbocycles. The molecule has 0 aliphatic carbocycles. The van der Waals surface area contributed by atoms with Gasteiger partial charge in [-0.25, -0.2) is 4.39 Å². The third kappa shape index (κ3) is 3.45. The van der Waals surface area contributed by atoms with Crippen LogP contribution in [-0.2, 0) is 6.54 Å². The van der Waals surface area contributed by atoms with Crippen molar-refractivity contribution in [1.82, 2.24) is 4.57 Å². The first-order chi connectivity index (χ1) is 13.7. The number of aromatic nitrogens is 1. The van der Waals surface area contributed by atoms with Crippen molar-refractivity contribution in [2.75, 3.05) is 0 Å². The van der Waals surface area contributed by atoms with Crippen molar-refractivity contribution in [3.63, 3.8) is 0 Å². The quantitative estimate of drug-likeness (QED) is 0.337. The summed E-state index contributed by atoms with van der Waals surface area (Å²) in [7, 11) is 0. The highest BCUT2D eigenvalue weighted by Gasteiger charge is 2.18. The first-order valence-corrected chi connectivity index (χ1v) is 9.93. The maximum atomic E-state index is 13.6. The van der Waals surface area contributed by atoms with E-state index in [0.29, 0.717) is 24.9 Å². The van der Waals surface area contributed by atoms with E-state index < -0.39 is 6.17 Å². The number of halogens is 1. The zero-order valence-electron chi connectivity index (χ0n) is 16.1. The highest BCUT2D eigenvalue weighted by Crippen LogP contribution is 2.27. The summed E-state index contributed by atoms with van der Waals surface area (Å²) in [5.41, 5.74) is 2.45. The van der Waals surface area contributed by atoms with Crippen LogP contribution in [0, 0.1) is 0 Å². The molecule has 0 saturated heterocycles. The standard InChI is InChI=1S/C25H24FNO/c1-2-19(26)11-8-16-27-17-23(21-13-5-6-15-24(21)27)25(28)22-14-7-10-18-9-3-4-12-20(18)22/h3-7,9-10,12-15,17,19H,2,8,11,16H2,1H3/t19-/m0/s1. The average molecular weight is 373 g/mol. The highest BCUT2D eigenvalue weighted by atomic mass is 19.1. The molecular formula is C25H24FNO. The number of alkyl halides is 1. The zero-order valence-corrected chi connectivity index (χ0v) is 16.1. The third-order valence-electron chi connectivity index (χ3n) is 5.43. The van der Waals surface area contributed by atoms with Crippen LogP contribution in [-0.4, -0.2) is 16.5 Å². The number of rotatable bonds is 7. The molecule has 0 aliphatic heterocycles. The van der Waals surface area contributed by atoms with Crippen LogP contribution >= 0.6 is 0 Å². The van der Waals surface area contributed by atoms with Crippen molar-refractivity contribution in [1.29, 1.82) is 0 Å². The van der Waals surface area contributed by atoms with E-state index in [2.05, 4.69) is 4.57 Å². The Kier molecular flexibility index (Phi) is 5.25. The lowest BCUT2D eigenvalue weighted by molar-refractivity contribution is 0.104. The molecule has 0 aliphatic rings. The second kappa shape index (κ2) is 7.97. The van der Waals surface area contributed by atoms with Crippen LogP contribution in [0.3, 0.4) is 0 Å². The summed E-state index contributed by atoms with van der Waals surface area (Å²) >= 11 is 0. The molecule has 3 heteroatoms. The van der Waals surface area contributed by atoms with Crippen LogP contribution in [0.15, 0.2) is 72.9 Å². The molecule has 28 heavy (non-hydrogen) atoms. The lowest BCUT2D eigenvalue weighted by Gasteiger charge is -2.07. The second-order valence-electron chi connectivity index (χ2n) is 7.26. The van der Waals surface area contributed by atoms with E-state index in [-0.39, 0.29) is 5.78 Å². The number of hydrogen-bond acceptors (Lipinski definition) is 1. The largest absolute Gasteiger partial charge is 0.347 e. The maximum absolute atomic E-state index is 13.6. The van der Waals surface area contributed by atoms with E-state index >= 15 is 0 Å². The Hall–Kier alpha value is -2.94. The first-order valence-electron chi connectivity index (χ1n) is 9.93. The summed E-state index contributed by atoms with van der Waals surface area (Å²) in [5.74, 6) is 0.0312. The van der Waals surface area contributed by atoms with Crippen LogP contribution in [0.5, 0.6) is 0 Å². The van der Waals surface area contributed by atoms with Gasteiger partial charge in [-0.2, -0.15) is 0 Å². The predicted octanol–water partition coefficient (Wildman–Crippen LogP) is 6.55. The first kappa shape index (κ1) is 18.4. The van der Waals surface area contributed by atoms with Crippen LogP contribution in [0.2, 0.25) is 0 Å². The topological polar surface area (TPSA) is 22.0 Å². The van der Waals surface area contributed by atoms with Crippen molar-refractivity contribution in [2.24, 2.45) is 0 Å². The average Bonchev–Trinajstić information content (AvgIpc) is 3.11. The Morgan fingerprint density at radius 1 is 0.929 bits per heavy atom. The van der Waals surface area contributed by atoms with Crippen LogP contribution in [0.4, 0.5) is 4.39 Å². The van der Waals surface area contributed by atoms with E-state index in [4.69, 9.17) is 0 Å². The molecule has 4 aromatic rings. The number of carbonyl (C=O) groups is 1. The predicted molar refractivity (Wildman–Crippen MR) is 114 cm³/mol. The summed E-state index contributed by atoms with van der Waals surface area (Å²) in [6, 6.07) is 21.8. The van der Waals surface area contributed by atoms with Gasteiger partial charge in [0.25, 0.3) is 0 Å². The molecule has 0 spiro atoms. The molecule has 0 saturated carbocycles. The van der Waals surface area contributed by atoms with Gasteiger partial charge in [0.2, 0.25) is 0 Å². The molecule has 1 heterocycles. The van der Waals surface area contributed by atoms with Crippen molar-refractivity contribution in [3.8, 4) is 0 Å². The SMILES string of the molecule is CC[C@H](F)CCCn1cc(C(=O)c2cccc3ccccc23)c2ccccc21. The van der Waals surface area contributed by atoms with Gasteiger partial charge in [0.1, 0.15) is 0 Å². The molecule has 4 rings (SSSR count).